The molecule has 1 aromatic heterocycles. The van der Waals surface area contributed by atoms with Crippen molar-refractivity contribution < 1.29 is 9.90 Å². The summed E-state index contributed by atoms with van der Waals surface area (Å²) in [4.78, 5) is 16.5. The van der Waals surface area contributed by atoms with E-state index >= 15 is 0 Å². The van der Waals surface area contributed by atoms with Crippen LogP contribution >= 0.6 is 0 Å². The van der Waals surface area contributed by atoms with Gasteiger partial charge in [0.15, 0.2) is 5.69 Å². The van der Waals surface area contributed by atoms with Gasteiger partial charge in [-0.05, 0) is 0 Å². The fourth-order valence-electron chi connectivity index (χ4n) is 1.40. The fraction of sp³-hybridized carbons (Fsp3) is 0.500. The zero-order chi connectivity index (χ0) is 10.7. The first-order valence-electron chi connectivity index (χ1n) is 4.66. The van der Waals surface area contributed by atoms with E-state index in [1.165, 1.54) is 0 Å². The molecule has 2 rings (SSSR count). The number of carbonyl (C=O) groups is 1. The standard InChI is InChI=1S/C8H11N5O2/c14-7(15)6-5-10-12-8(11-6)13-3-1-9-2-4-13/h5,9H,1-4H2,(H,14,15). The number of hydrogen-bond donors (Lipinski definition) is 2. The van der Waals surface area contributed by atoms with Gasteiger partial charge in [0.05, 0.1) is 6.20 Å². The summed E-state index contributed by atoms with van der Waals surface area (Å²) in [5.74, 6) is -0.697. The molecule has 1 aliphatic heterocycles. The van der Waals surface area contributed by atoms with Gasteiger partial charge in [-0.3, -0.25) is 0 Å². The molecule has 0 aromatic carbocycles. The van der Waals surface area contributed by atoms with Crippen molar-refractivity contribution in [3.05, 3.63) is 11.9 Å². The van der Waals surface area contributed by atoms with Crippen LogP contribution in [0.1, 0.15) is 10.5 Å². The third-order valence-electron chi connectivity index (χ3n) is 2.17. The van der Waals surface area contributed by atoms with Crippen LogP contribution in [0.4, 0.5) is 5.95 Å². The molecule has 1 fully saturated rings. The van der Waals surface area contributed by atoms with Gasteiger partial charge in [0.2, 0.25) is 5.95 Å². The molecule has 0 amide bonds. The van der Waals surface area contributed by atoms with Crippen LogP contribution in [0.15, 0.2) is 6.20 Å². The Morgan fingerprint density at radius 1 is 1.47 bits per heavy atom. The second kappa shape index (κ2) is 4.18. The quantitative estimate of drug-likeness (QED) is 0.644. The lowest BCUT2D eigenvalue weighted by molar-refractivity contribution is 0.0689. The van der Waals surface area contributed by atoms with Crippen LogP contribution in [0.5, 0.6) is 0 Å². The van der Waals surface area contributed by atoms with Crippen molar-refractivity contribution in [2.45, 2.75) is 0 Å². The number of carboxylic acid groups (broad SMARTS) is 1. The summed E-state index contributed by atoms with van der Waals surface area (Å²) in [6.45, 7) is 3.23. The van der Waals surface area contributed by atoms with Crippen molar-refractivity contribution in [3.63, 3.8) is 0 Å². The Bertz CT molecular complexity index is 364. The molecule has 0 saturated carbocycles. The van der Waals surface area contributed by atoms with E-state index in [0.29, 0.717) is 5.95 Å². The predicted octanol–water partition coefficient (Wildman–Crippen LogP) is -1.02. The molecule has 80 valence electrons. The number of carboxylic acids is 1. The Kier molecular flexibility index (Phi) is 2.72. The molecule has 0 aliphatic carbocycles. The lowest BCUT2D eigenvalue weighted by Gasteiger charge is -2.26. The van der Waals surface area contributed by atoms with Gasteiger partial charge in [-0.25, -0.2) is 9.78 Å². The molecule has 15 heavy (non-hydrogen) atoms. The highest BCUT2D eigenvalue weighted by atomic mass is 16.4. The van der Waals surface area contributed by atoms with Crippen molar-refractivity contribution >= 4 is 11.9 Å². The minimum Gasteiger partial charge on any atom is -0.476 e. The molecular formula is C8H11N5O2. The molecule has 7 heteroatoms. The number of aromatic nitrogens is 3. The minimum atomic E-state index is -1.08. The SMILES string of the molecule is O=C(O)c1cnnc(N2CCNCC2)n1. The maximum Gasteiger partial charge on any atom is 0.356 e. The maximum absolute atomic E-state index is 10.7. The largest absolute Gasteiger partial charge is 0.476 e. The Morgan fingerprint density at radius 3 is 2.87 bits per heavy atom. The second-order valence-corrected chi connectivity index (χ2v) is 3.18. The average molecular weight is 209 g/mol. The summed E-state index contributed by atoms with van der Waals surface area (Å²) >= 11 is 0. The van der Waals surface area contributed by atoms with Gasteiger partial charge in [-0.15, -0.1) is 5.10 Å². The zero-order valence-corrected chi connectivity index (χ0v) is 8.05. The van der Waals surface area contributed by atoms with E-state index in [0.717, 1.165) is 32.4 Å². The van der Waals surface area contributed by atoms with Crippen LogP contribution in [0, 0.1) is 0 Å². The van der Waals surface area contributed by atoms with E-state index in [1.807, 2.05) is 4.90 Å². The molecule has 0 unspecified atom stereocenters. The van der Waals surface area contributed by atoms with Gasteiger partial charge < -0.3 is 15.3 Å². The molecule has 0 bridgehead atoms. The van der Waals surface area contributed by atoms with E-state index in [2.05, 4.69) is 20.5 Å². The van der Waals surface area contributed by atoms with Crippen molar-refractivity contribution in [2.24, 2.45) is 0 Å². The van der Waals surface area contributed by atoms with E-state index in [1.54, 1.807) is 0 Å². The highest BCUT2D eigenvalue weighted by Crippen LogP contribution is 2.06. The summed E-state index contributed by atoms with van der Waals surface area (Å²) in [5, 5.41) is 19.4. The zero-order valence-electron chi connectivity index (χ0n) is 8.05. The topological polar surface area (TPSA) is 91.2 Å². The Hall–Kier alpha value is -1.76. The number of piperazine rings is 1. The summed E-state index contributed by atoms with van der Waals surface area (Å²) in [6, 6.07) is 0. The number of nitrogens with zero attached hydrogens (tertiary/aromatic N) is 4. The van der Waals surface area contributed by atoms with E-state index in [9.17, 15) is 4.79 Å². The normalized spacial score (nSPS) is 16.4. The van der Waals surface area contributed by atoms with Gasteiger partial charge in [-0.2, -0.15) is 5.10 Å². The molecular weight excluding hydrogens is 198 g/mol. The van der Waals surface area contributed by atoms with Gasteiger partial charge >= 0.3 is 5.97 Å². The molecule has 2 heterocycles. The van der Waals surface area contributed by atoms with Crippen LogP contribution in [0.2, 0.25) is 0 Å². The van der Waals surface area contributed by atoms with Crippen molar-refractivity contribution in [1.29, 1.82) is 0 Å². The highest BCUT2D eigenvalue weighted by Gasteiger charge is 2.15. The van der Waals surface area contributed by atoms with Crippen LogP contribution in [-0.2, 0) is 0 Å². The summed E-state index contributed by atoms with van der Waals surface area (Å²) in [6.07, 6.45) is 1.15. The molecule has 0 atom stereocenters. The minimum absolute atomic E-state index is 0.0708. The van der Waals surface area contributed by atoms with Gasteiger partial charge in [0.1, 0.15) is 0 Å². The fourth-order valence-corrected chi connectivity index (χ4v) is 1.40. The summed E-state index contributed by atoms with van der Waals surface area (Å²) < 4.78 is 0. The first-order chi connectivity index (χ1) is 7.27. The number of hydrogen-bond acceptors (Lipinski definition) is 6. The van der Waals surface area contributed by atoms with E-state index in [4.69, 9.17) is 5.11 Å². The number of aromatic carboxylic acids is 1. The molecule has 1 saturated heterocycles. The lowest BCUT2D eigenvalue weighted by atomic mass is 10.4. The third kappa shape index (κ3) is 2.18. The van der Waals surface area contributed by atoms with Crippen LogP contribution < -0.4 is 10.2 Å². The first-order valence-corrected chi connectivity index (χ1v) is 4.66. The third-order valence-corrected chi connectivity index (χ3v) is 2.17. The Labute approximate surface area is 86.1 Å². The molecule has 0 radical (unpaired) electrons. The van der Waals surface area contributed by atoms with Crippen LogP contribution in [0.25, 0.3) is 0 Å². The molecule has 7 nitrogen and oxygen atoms in total. The molecule has 1 aromatic rings. The summed E-state index contributed by atoms with van der Waals surface area (Å²) in [5.41, 5.74) is -0.0708. The highest BCUT2D eigenvalue weighted by molar-refractivity contribution is 5.85. The van der Waals surface area contributed by atoms with Gasteiger partial charge in [0, 0.05) is 26.2 Å². The Morgan fingerprint density at radius 2 is 2.20 bits per heavy atom. The molecule has 2 N–H and O–H groups in total. The Balaban J connectivity index is 2.19. The van der Waals surface area contributed by atoms with Gasteiger partial charge in [-0.1, -0.05) is 0 Å². The van der Waals surface area contributed by atoms with Crippen molar-refractivity contribution in [1.82, 2.24) is 20.5 Å². The average Bonchev–Trinajstić information content (AvgIpc) is 2.30. The lowest BCUT2D eigenvalue weighted by Crippen LogP contribution is -2.44. The molecule has 1 aliphatic rings. The number of nitrogens with one attached hydrogen (secondary N) is 1. The maximum atomic E-state index is 10.7. The monoisotopic (exact) mass is 209 g/mol. The predicted molar refractivity (Wildman–Crippen MR) is 51.9 cm³/mol. The first kappa shape index (κ1) is 9.78. The van der Waals surface area contributed by atoms with Crippen LogP contribution in [0.3, 0.4) is 0 Å². The smallest absolute Gasteiger partial charge is 0.356 e. The summed E-state index contributed by atoms with van der Waals surface area (Å²) in [7, 11) is 0. The van der Waals surface area contributed by atoms with Crippen LogP contribution in [-0.4, -0.2) is 52.4 Å². The molecule has 0 spiro atoms. The van der Waals surface area contributed by atoms with Crippen molar-refractivity contribution in [3.8, 4) is 0 Å². The number of rotatable bonds is 2. The second-order valence-electron chi connectivity index (χ2n) is 3.18. The van der Waals surface area contributed by atoms with E-state index in [-0.39, 0.29) is 5.69 Å². The van der Waals surface area contributed by atoms with Crippen molar-refractivity contribution in [2.75, 3.05) is 31.1 Å². The van der Waals surface area contributed by atoms with E-state index < -0.39 is 5.97 Å². The van der Waals surface area contributed by atoms with Gasteiger partial charge in [0.25, 0.3) is 0 Å². The number of anilines is 1.